The summed E-state index contributed by atoms with van der Waals surface area (Å²) < 4.78 is 11.5. The quantitative estimate of drug-likeness (QED) is 0.302. The third kappa shape index (κ3) is 7.24. The van der Waals surface area contributed by atoms with Crippen molar-refractivity contribution in [1.29, 1.82) is 0 Å². The van der Waals surface area contributed by atoms with Gasteiger partial charge < -0.3 is 25.6 Å². The number of nitrogens with zero attached hydrogens (tertiary/aromatic N) is 1. The number of fused-ring (bicyclic) bond motifs is 1. The molecule has 0 bridgehead atoms. The van der Waals surface area contributed by atoms with Gasteiger partial charge in [0.2, 0.25) is 0 Å². The van der Waals surface area contributed by atoms with E-state index in [1.165, 1.54) is 11.8 Å². The average molecular weight is 534 g/mol. The van der Waals surface area contributed by atoms with Crippen LogP contribution in [0.1, 0.15) is 20.8 Å². The van der Waals surface area contributed by atoms with Crippen molar-refractivity contribution >= 4 is 50.5 Å². The lowest BCUT2D eigenvalue weighted by atomic mass is 10.2. The second kappa shape index (κ2) is 12.7. The fraction of sp³-hybridized carbons (Fsp3) is 0.261. The van der Waals surface area contributed by atoms with Crippen molar-refractivity contribution < 1.29 is 24.2 Å². The van der Waals surface area contributed by atoms with Gasteiger partial charge in [-0.05, 0) is 36.4 Å². The zero-order chi connectivity index (χ0) is 23.6. The van der Waals surface area contributed by atoms with Crippen LogP contribution in [0.5, 0.6) is 0 Å². The molecule has 0 fully saturated rings. The van der Waals surface area contributed by atoms with Gasteiger partial charge in [0.25, 0.3) is 5.91 Å². The molecule has 0 aliphatic heterocycles. The monoisotopic (exact) mass is 533 g/mol. The van der Waals surface area contributed by atoms with Crippen LogP contribution in [0.25, 0.3) is 10.9 Å². The molecule has 1 aromatic heterocycles. The van der Waals surface area contributed by atoms with Crippen molar-refractivity contribution in [2.75, 3.05) is 39.5 Å². The lowest BCUT2D eigenvalue weighted by Gasteiger charge is -2.12. The molecular weight excluding hydrogens is 510 g/mol. The van der Waals surface area contributed by atoms with Crippen molar-refractivity contribution in [3.8, 4) is 0 Å². The number of nitrogens with two attached hydrogens (primary N) is 1. The molecule has 174 valence electrons. The Morgan fingerprint density at radius 3 is 2.55 bits per heavy atom. The molecule has 0 saturated heterocycles. The lowest BCUT2D eigenvalue weighted by molar-refractivity contribution is 0.0511. The number of aromatic nitrogens is 1. The summed E-state index contributed by atoms with van der Waals surface area (Å²) in [4.78, 5) is 30.2. The topological polar surface area (TPSA) is 124 Å². The van der Waals surface area contributed by atoms with E-state index in [9.17, 15) is 14.7 Å². The Morgan fingerprint density at radius 1 is 1.03 bits per heavy atom. The molecule has 0 aliphatic carbocycles. The lowest BCUT2D eigenvalue weighted by Crippen LogP contribution is -2.28. The van der Waals surface area contributed by atoms with Crippen molar-refractivity contribution in [3.05, 3.63) is 64.3 Å². The van der Waals surface area contributed by atoms with E-state index in [2.05, 4.69) is 26.2 Å². The highest BCUT2D eigenvalue weighted by Gasteiger charge is 2.16. The zero-order valence-corrected chi connectivity index (χ0v) is 20.2. The first kappa shape index (κ1) is 25.1. The van der Waals surface area contributed by atoms with E-state index < -0.39 is 5.97 Å². The molecule has 8 nitrogen and oxygen atoms in total. The third-order valence-corrected chi connectivity index (χ3v) is 6.10. The average Bonchev–Trinajstić information content (AvgIpc) is 2.81. The summed E-state index contributed by atoms with van der Waals surface area (Å²) >= 11 is 4.75. The highest BCUT2D eigenvalue weighted by atomic mass is 79.9. The minimum absolute atomic E-state index is 0.195. The molecule has 33 heavy (non-hydrogen) atoms. The second-order valence-electron chi connectivity index (χ2n) is 6.84. The number of pyridine rings is 1. The summed E-state index contributed by atoms with van der Waals surface area (Å²) in [6.07, 6.45) is 0. The van der Waals surface area contributed by atoms with Crippen LogP contribution in [0.2, 0.25) is 0 Å². The summed E-state index contributed by atoms with van der Waals surface area (Å²) in [5.74, 6) is -1.35. The van der Waals surface area contributed by atoms with Crippen LogP contribution < -0.4 is 11.1 Å². The number of amides is 1. The Labute approximate surface area is 204 Å². The zero-order valence-electron chi connectivity index (χ0n) is 17.8. The molecule has 0 saturated carbocycles. The van der Waals surface area contributed by atoms with E-state index in [1.54, 1.807) is 30.3 Å². The van der Waals surface area contributed by atoms with Crippen LogP contribution in [0.4, 0.5) is 0 Å². The Kier molecular flexibility index (Phi) is 9.64. The van der Waals surface area contributed by atoms with Crippen LogP contribution in [0, 0.1) is 0 Å². The maximum absolute atomic E-state index is 12.7. The van der Waals surface area contributed by atoms with Gasteiger partial charge in [0.1, 0.15) is 5.69 Å². The molecule has 2 aromatic carbocycles. The van der Waals surface area contributed by atoms with Gasteiger partial charge in [-0.3, -0.25) is 4.79 Å². The highest BCUT2D eigenvalue weighted by Crippen LogP contribution is 2.36. The van der Waals surface area contributed by atoms with Crippen LogP contribution in [0.3, 0.4) is 0 Å². The molecule has 4 N–H and O–H groups in total. The first-order valence-corrected chi connectivity index (χ1v) is 11.8. The summed E-state index contributed by atoms with van der Waals surface area (Å²) in [5, 5.41) is 13.1. The number of carbonyl (C=O) groups excluding carboxylic acids is 1. The van der Waals surface area contributed by atoms with E-state index in [4.69, 9.17) is 15.2 Å². The number of hydrogen-bond donors (Lipinski definition) is 3. The Bertz CT molecular complexity index is 1130. The van der Waals surface area contributed by atoms with Crippen molar-refractivity contribution in [2.45, 2.75) is 9.79 Å². The van der Waals surface area contributed by atoms with Crippen LogP contribution in [-0.2, 0) is 9.47 Å². The molecule has 0 unspecified atom stereocenters. The summed E-state index contributed by atoms with van der Waals surface area (Å²) in [6, 6.07) is 14.0. The summed E-state index contributed by atoms with van der Waals surface area (Å²) in [5.41, 5.74) is 6.42. The summed E-state index contributed by atoms with van der Waals surface area (Å²) in [7, 11) is 0. The number of benzene rings is 2. The maximum atomic E-state index is 12.7. The predicted molar refractivity (Wildman–Crippen MR) is 130 cm³/mol. The van der Waals surface area contributed by atoms with E-state index >= 15 is 0 Å². The standard InChI is InChI=1S/C23H24BrN3O5S/c24-15-5-6-18-17(13-15)21(33-20-4-2-1-3-16(20)23(29)30)14-19(27-18)22(28)26-8-10-32-12-11-31-9-7-25/h1-6,13-14H,7-12,25H2,(H,26,28)(H,29,30). The van der Waals surface area contributed by atoms with Crippen molar-refractivity contribution in [2.24, 2.45) is 5.73 Å². The molecule has 0 atom stereocenters. The van der Waals surface area contributed by atoms with Gasteiger partial charge in [0.15, 0.2) is 0 Å². The van der Waals surface area contributed by atoms with Gasteiger partial charge in [0, 0.05) is 32.7 Å². The molecule has 3 rings (SSSR count). The van der Waals surface area contributed by atoms with Gasteiger partial charge in [-0.1, -0.05) is 39.8 Å². The fourth-order valence-corrected chi connectivity index (χ4v) is 4.41. The highest BCUT2D eigenvalue weighted by molar-refractivity contribution is 9.10. The number of carbonyl (C=O) groups is 2. The van der Waals surface area contributed by atoms with Crippen LogP contribution in [-0.4, -0.2) is 61.5 Å². The second-order valence-corrected chi connectivity index (χ2v) is 8.84. The Balaban J connectivity index is 1.75. The maximum Gasteiger partial charge on any atom is 0.336 e. The first-order chi connectivity index (χ1) is 16.0. The number of rotatable bonds is 12. The van der Waals surface area contributed by atoms with E-state index in [0.717, 1.165) is 14.8 Å². The SMILES string of the molecule is NCCOCCOCCNC(=O)c1cc(Sc2ccccc2C(=O)O)c2cc(Br)ccc2n1. The van der Waals surface area contributed by atoms with Crippen molar-refractivity contribution in [1.82, 2.24) is 10.3 Å². The van der Waals surface area contributed by atoms with Gasteiger partial charge >= 0.3 is 5.97 Å². The van der Waals surface area contributed by atoms with Gasteiger partial charge in [-0.25, -0.2) is 9.78 Å². The molecular formula is C23H24BrN3O5S. The summed E-state index contributed by atoms with van der Waals surface area (Å²) in [6.45, 7) is 2.48. The van der Waals surface area contributed by atoms with Gasteiger partial charge in [-0.15, -0.1) is 0 Å². The molecule has 1 heterocycles. The predicted octanol–water partition coefficient (Wildman–Crippen LogP) is 3.57. The van der Waals surface area contributed by atoms with Gasteiger partial charge in [0.05, 0.1) is 37.5 Å². The minimum atomic E-state index is -1.01. The fourth-order valence-electron chi connectivity index (χ4n) is 2.95. The van der Waals surface area contributed by atoms with E-state index in [0.29, 0.717) is 49.9 Å². The van der Waals surface area contributed by atoms with E-state index in [-0.39, 0.29) is 17.2 Å². The Hall–Kier alpha value is -2.50. The minimum Gasteiger partial charge on any atom is -0.478 e. The van der Waals surface area contributed by atoms with E-state index in [1.807, 2.05) is 18.2 Å². The number of carboxylic acids is 1. The molecule has 0 spiro atoms. The number of aromatic carboxylic acids is 1. The smallest absolute Gasteiger partial charge is 0.336 e. The molecule has 0 radical (unpaired) electrons. The first-order valence-electron chi connectivity index (χ1n) is 10.2. The number of nitrogens with one attached hydrogen (secondary N) is 1. The molecule has 10 heteroatoms. The number of halogens is 1. The number of ether oxygens (including phenoxy) is 2. The van der Waals surface area contributed by atoms with Crippen LogP contribution in [0.15, 0.2) is 62.8 Å². The molecule has 3 aromatic rings. The van der Waals surface area contributed by atoms with Crippen molar-refractivity contribution in [3.63, 3.8) is 0 Å². The van der Waals surface area contributed by atoms with Gasteiger partial charge in [-0.2, -0.15) is 0 Å². The molecule has 0 aliphatic rings. The largest absolute Gasteiger partial charge is 0.478 e. The Morgan fingerprint density at radius 2 is 1.79 bits per heavy atom. The third-order valence-electron chi connectivity index (χ3n) is 4.47. The number of carboxylic acid groups (broad SMARTS) is 1. The normalized spacial score (nSPS) is 11.0. The number of hydrogen-bond acceptors (Lipinski definition) is 7. The van der Waals surface area contributed by atoms with Crippen LogP contribution >= 0.6 is 27.7 Å². The molecule has 1 amide bonds.